The smallest absolute Gasteiger partial charge is 0.308 e. The van der Waals surface area contributed by atoms with Crippen LogP contribution in [0, 0.1) is 0 Å². The van der Waals surface area contributed by atoms with E-state index in [2.05, 4.69) is 13.8 Å². The molecule has 24 heavy (non-hydrogen) atoms. The molecule has 5 nitrogen and oxygen atoms in total. The second-order valence-corrected chi connectivity index (χ2v) is 7.82. The van der Waals surface area contributed by atoms with E-state index in [-0.39, 0.29) is 17.7 Å². The Morgan fingerprint density at radius 3 is 2.54 bits per heavy atom. The fourth-order valence-corrected chi connectivity index (χ4v) is 2.79. The fraction of sp³-hybridized carbons (Fsp3) is 0.611. The zero-order valence-electron chi connectivity index (χ0n) is 15.1. The molecule has 0 bridgehead atoms. The van der Waals surface area contributed by atoms with Crippen LogP contribution in [-0.4, -0.2) is 31.0 Å². The van der Waals surface area contributed by atoms with Crippen LogP contribution in [0.1, 0.15) is 58.9 Å². The summed E-state index contributed by atoms with van der Waals surface area (Å²) in [6, 6.07) is 7.08. The molecule has 1 rings (SSSR count). The van der Waals surface area contributed by atoms with Gasteiger partial charge in [-0.2, -0.15) is 8.42 Å². The lowest BCUT2D eigenvalue weighted by Gasteiger charge is -2.29. The van der Waals surface area contributed by atoms with Crippen LogP contribution in [0.4, 0.5) is 0 Å². The Hall–Kier alpha value is -1.56. The Balaban J connectivity index is 2.92. The van der Waals surface area contributed by atoms with Crippen molar-refractivity contribution in [1.29, 1.82) is 0 Å². The van der Waals surface area contributed by atoms with Crippen molar-refractivity contribution in [3.05, 3.63) is 29.8 Å². The van der Waals surface area contributed by atoms with Crippen LogP contribution in [0.2, 0.25) is 0 Å². The highest BCUT2D eigenvalue weighted by Crippen LogP contribution is 2.19. The Bertz CT molecular complexity index is 628. The first kappa shape index (κ1) is 20.5. The van der Waals surface area contributed by atoms with Crippen LogP contribution in [-0.2, 0) is 21.5 Å². The van der Waals surface area contributed by atoms with Crippen molar-refractivity contribution in [2.45, 2.75) is 66.0 Å². The average Bonchev–Trinajstić information content (AvgIpc) is 2.56. The van der Waals surface area contributed by atoms with Gasteiger partial charge in [-0.3, -0.25) is 4.79 Å². The third-order valence-corrected chi connectivity index (χ3v) is 5.17. The van der Waals surface area contributed by atoms with Crippen LogP contribution in [0.5, 0.6) is 5.75 Å². The molecule has 0 fully saturated rings. The first-order valence-corrected chi connectivity index (χ1v) is 10.2. The number of carbonyl (C=O) groups is 1. The van der Waals surface area contributed by atoms with E-state index in [0.29, 0.717) is 18.7 Å². The van der Waals surface area contributed by atoms with Crippen molar-refractivity contribution in [2.75, 3.05) is 5.75 Å². The molecule has 136 valence electrons. The van der Waals surface area contributed by atoms with Crippen molar-refractivity contribution in [3.8, 4) is 5.75 Å². The summed E-state index contributed by atoms with van der Waals surface area (Å²) in [6.45, 7) is 8.15. The maximum Gasteiger partial charge on any atom is 0.308 e. The topological polar surface area (TPSA) is 63.7 Å². The van der Waals surface area contributed by atoms with Crippen LogP contribution in [0.3, 0.4) is 0 Å². The molecule has 0 unspecified atom stereocenters. The quantitative estimate of drug-likeness (QED) is 0.600. The molecule has 0 saturated carbocycles. The molecule has 0 radical (unpaired) electrons. The van der Waals surface area contributed by atoms with Crippen LogP contribution < -0.4 is 4.18 Å². The van der Waals surface area contributed by atoms with E-state index in [9.17, 15) is 13.2 Å². The summed E-state index contributed by atoms with van der Waals surface area (Å²) in [4.78, 5) is 14.3. The van der Waals surface area contributed by atoms with E-state index in [1.54, 1.807) is 18.2 Å². The van der Waals surface area contributed by atoms with Gasteiger partial charge < -0.3 is 9.08 Å². The lowest BCUT2D eigenvalue weighted by Crippen LogP contribution is -2.37. The number of hydrogen-bond acceptors (Lipinski definition) is 4. The first-order chi connectivity index (χ1) is 11.3. The molecule has 0 aliphatic rings. The van der Waals surface area contributed by atoms with Gasteiger partial charge in [0, 0.05) is 19.0 Å². The fourth-order valence-electron chi connectivity index (χ4n) is 2.28. The maximum atomic E-state index is 12.5. The zero-order valence-corrected chi connectivity index (χ0v) is 15.9. The molecule has 0 aliphatic heterocycles. The van der Waals surface area contributed by atoms with E-state index in [4.69, 9.17) is 4.18 Å². The van der Waals surface area contributed by atoms with E-state index in [1.807, 2.05) is 17.9 Å². The van der Waals surface area contributed by atoms with Gasteiger partial charge in [0.05, 0.1) is 5.75 Å². The third-order valence-electron chi connectivity index (χ3n) is 4.02. The predicted octanol–water partition coefficient (Wildman–Crippen LogP) is 3.73. The van der Waals surface area contributed by atoms with E-state index >= 15 is 0 Å². The molecule has 1 aromatic carbocycles. The minimum Gasteiger partial charge on any atom is -0.382 e. The maximum absolute atomic E-state index is 12.5. The number of hydrogen-bond donors (Lipinski definition) is 0. The molecule has 1 atom stereocenters. The molecule has 6 heteroatoms. The largest absolute Gasteiger partial charge is 0.382 e. The summed E-state index contributed by atoms with van der Waals surface area (Å²) in [6.07, 6.45) is 3.28. The molecule has 1 amide bonds. The molecule has 0 spiro atoms. The molecule has 0 N–H and O–H groups in total. The third kappa shape index (κ3) is 6.51. The Morgan fingerprint density at radius 1 is 1.25 bits per heavy atom. The first-order valence-electron chi connectivity index (χ1n) is 8.63. The van der Waals surface area contributed by atoms with E-state index in [0.717, 1.165) is 24.8 Å². The van der Waals surface area contributed by atoms with Gasteiger partial charge in [0.2, 0.25) is 5.91 Å². The van der Waals surface area contributed by atoms with Crippen LogP contribution >= 0.6 is 0 Å². The summed E-state index contributed by atoms with van der Waals surface area (Å²) in [7, 11) is -3.55. The van der Waals surface area contributed by atoms with Gasteiger partial charge in [-0.25, -0.2) is 0 Å². The Labute approximate surface area is 146 Å². The normalized spacial score (nSPS) is 12.7. The molecule has 0 aromatic heterocycles. The SMILES string of the molecule is CCCCC(=O)N(Cc1cccc(OS(=O)(=O)CC)c1)[C@@H](C)CC. The van der Waals surface area contributed by atoms with Gasteiger partial charge in [-0.1, -0.05) is 32.4 Å². The van der Waals surface area contributed by atoms with Crippen molar-refractivity contribution in [3.63, 3.8) is 0 Å². The minimum atomic E-state index is -3.55. The zero-order chi connectivity index (χ0) is 18.2. The van der Waals surface area contributed by atoms with Gasteiger partial charge in [0.15, 0.2) is 0 Å². The number of benzene rings is 1. The molecular weight excluding hydrogens is 326 g/mol. The van der Waals surface area contributed by atoms with E-state index < -0.39 is 10.1 Å². The molecule has 1 aromatic rings. The number of unbranched alkanes of at least 4 members (excludes halogenated alkanes) is 1. The van der Waals surface area contributed by atoms with Crippen molar-refractivity contribution in [1.82, 2.24) is 4.90 Å². The van der Waals surface area contributed by atoms with Gasteiger partial charge >= 0.3 is 10.1 Å². The standard InChI is InChI=1S/C18H29NO4S/c1-5-8-12-18(20)19(15(4)6-2)14-16-10-9-11-17(13-16)23-24(21,22)7-3/h9-11,13,15H,5-8,12,14H2,1-4H3/t15-/m0/s1. The van der Waals surface area contributed by atoms with Gasteiger partial charge in [0.25, 0.3) is 0 Å². The summed E-state index contributed by atoms with van der Waals surface area (Å²) in [5.74, 6) is 0.351. The van der Waals surface area contributed by atoms with Gasteiger partial charge in [0.1, 0.15) is 5.75 Å². The van der Waals surface area contributed by atoms with Crippen molar-refractivity contribution < 1.29 is 17.4 Å². The average molecular weight is 356 g/mol. The number of rotatable bonds is 10. The minimum absolute atomic E-state index is 0.0777. The summed E-state index contributed by atoms with van der Waals surface area (Å²) < 4.78 is 28.2. The van der Waals surface area contributed by atoms with E-state index in [1.165, 1.54) is 6.92 Å². The summed E-state index contributed by atoms with van der Waals surface area (Å²) >= 11 is 0. The predicted molar refractivity (Wildman–Crippen MR) is 96.4 cm³/mol. The van der Waals surface area contributed by atoms with Gasteiger partial charge in [-0.15, -0.1) is 0 Å². The Morgan fingerprint density at radius 2 is 1.96 bits per heavy atom. The monoisotopic (exact) mass is 355 g/mol. The van der Waals surface area contributed by atoms with Crippen LogP contribution in [0.25, 0.3) is 0 Å². The number of nitrogens with zero attached hydrogens (tertiary/aromatic N) is 1. The molecule has 0 saturated heterocycles. The number of amides is 1. The van der Waals surface area contributed by atoms with Gasteiger partial charge in [-0.05, 0) is 44.4 Å². The lowest BCUT2D eigenvalue weighted by atomic mass is 10.1. The summed E-state index contributed by atoms with van der Waals surface area (Å²) in [5, 5.41) is 0. The molecular formula is C18H29NO4S. The molecule has 0 aliphatic carbocycles. The molecule has 0 heterocycles. The highest BCUT2D eigenvalue weighted by molar-refractivity contribution is 7.87. The lowest BCUT2D eigenvalue weighted by molar-refractivity contribution is -0.134. The van der Waals surface area contributed by atoms with Crippen molar-refractivity contribution >= 4 is 16.0 Å². The van der Waals surface area contributed by atoms with Crippen LogP contribution in [0.15, 0.2) is 24.3 Å². The summed E-state index contributed by atoms with van der Waals surface area (Å²) in [5.41, 5.74) is 0.865. The number of carbonyl (C=O) groups excluding carboxylic acids is 1. The highest BCUT2D eigenvalue weighted by Gasteiger charge is 2.19. The second kappa shape index (κ2) is 9.67. The highest BCUT2D eigenvalue weighted by atomic mass is 32.2. The second-order valence-electron chi connectivity index (χ2n) is 5.96. The Kier molecular flexibility index (Phi) is 8.25. The van der Waals surface area contributed by atoms with Crippen molar-refractivity contribution in [2.24, 2.45) is 0 Å².